The molecule has 0 aliphatic rings. The van der Waals surface area contributed by atoms with Gasteiger partial charge in [0.15, 0.2) is 5.71 Å². The second-order valence-electron chi connectivity index (χ2n) is 7.59. The number of hydrogen-bond acceptors (Lipinski definition) is 7. The van der Waals surface area contributed by atoms with Gasteiger partial charge in [0.05, 0.1) is 22.2 Å². The summed E-state index contributed by atoms with van der Waals surface area (Å²) in [6, 6.07) is 13.8. The van der Waals surface area contributed by atoms with E-state index in [0.29, 0.717) is 16.8 Å². The molecule has 0 bridgehead atoms. The summed E-state index contributed by atoms with van der Waals surface area (Å²) in [7, 11) is 1.32. The van der Waals surface area contributed by atoms with Crippen LogP contribution >= 0.6 is 23.2 Å². The number of oxime groups is 1. The molecule has 0 aliphatic heterocycles. The maximum atomic E-state index is 13.0. The number of aromatic nitrogens is 1. The van der Waals surface area contributed by atoms with Gasteiger partial charge in [-0.2, -0.15) is 0 Å². The third kappa shape index (κ3) is 7.52. The number of benzene rings is 2. The van der Waals surface area contributed by atoms with Crippen molar-refractivity contribution in [3.63, 3.8) is 0 Å². The van der Waals surface area contributed by atoms with Gasteiger partial charge in [-0.05, 0) is 48.9 Å². The number of rotatable bonds is 10. The van der Waals surface area contributed by atoms with E-state index in [-0.39, 0.29) is 34.3 Å². The average Bonchev–Trinajstić information content (AvgIpc) is 2.88. The quantitative estimate of drug-likeness (QED) is 0.224. The molecule has 0 aliphatic carbocycles. The Labute approximate surface area is 223 Å². The lowest BCUT2D eigenvalue weighted by atomic mass is 10.0. The van der Waals surface area contributed by atoms with Crippen LogP contribution in [0.2, 0.25) is 10.0 Å². The minimum absolute atomic E-state index is 0.0181. The van der Waals surface area contributed by atoms with Gasteiger partial charge in [0, 0.05) is 30.1 Å². The minimum atomic E-state index is -1.00. The largest absolute Gasteiger partial charge is 0.464 e. The van der Waals surface area contributed by atoms with Gasteiger partial charge >= 0.3 is 5.97 Å². The number of pyridine rings is 1. The molecule has 2 aromatic carbocycles. The van der Waals surface area contributed by atoms with E-state index in [1.54, 1.807) is 61.5 Å². The number of nitrogens with zero attached hydrogens (tertiary/aromatic N) is 2. The van der Waals surface area contributed by atoms with Crippen LogP contribution in [0.3, 0.4) is 0 Å². The van der Waals surface area contributed by atoms with Crippen LogP contribution in [0.1, 0.15) is 28.4 Å². The molecule has 11 heteroatoms. The maximum absolute atomic E-state index is 13.0. The number of anilines is 1. The van der Waals surface area contributed by atoms with Gasteiger partial charge in [-0.15, -0.1) is 0 Å². The Morgan fingerprint density at radius 3 is 2.24 bits per heavy atom. The molecule has 0 fully saturated rings. The molecular weight excluding hydrogens is 519 g/mol. The third-order valence-corrected chi connectivity index (χ3v) is 5.70. The number of amides is 2. The van der Waals surface area contributed by atoms with Crippen LogP contribution in [0, 0.1) is 0 Å². The Kier molecular flexibility index (Phi) is 10.00. The summed E-state index contributed by atoms with van der Waals surface area (Å²) in [5.74, 6) is -1.68. The maximum Gasteiger partial charge on any atom is 0.328 e. The van der Waals surface area contributed by atoms with E-state index in [2.05, 4.69) is 20.8 Å². The summed E-state index contributed by atoms with van der Waals surface area (Å²) in [6.07, 6.45) is 3.15. The SMILES string of the molecule is CCOC(=O)[C@H](Cc1ccc(NC(=O)c2c(Cl)cccc2Cl)cc1)NC(=O)C(=NOC)c1ccncc1. The number of esters is 1. The topological polar surface area (TPSA) is 119 Å². The molecule has 192 valence electrons. The molecule has 1 atom stereocenters. The summed E-state index contributed by atoms with van der Waals surface area (Å²) < 4.78 is 5.15. The zero-order chi connectivity index (χ0) is 26.8. The first-order chi connectivity index (χ1) is 17.8. The molecule has 37 heavy (non-hydrogen) atoms. The van der Waals surface area contributed by atoms with Crippen LogP contribution < -0.4 is 10.6 Å². The van der Waals surface area contributed by atoms with E-state index >= 15 is 0 Å². The second-order valence-corrected chi connectivity index (χ2v) is 8.40. The van der Waals surface area contributed by atoms with Gasteiger partial charge in [0.1, 0.15) is 13.2 Å². The van der Waals surface area contributed by atoms with Crippen LogP contribution in [0.5, 0.6) is 0 Å². The van der Waals surface area contributed by atoms with Crippen molar-refractivity contribution in [2.24, 2.45) is 5.16 Å². The summed E-state index contributed by atoms with van der Waals surface area (Å²) in [5.41, 5.74) is 1.82. The Balaban J connectivity index is 1.74. The summed E-state index contributed by atoms with van der Waals surface area (Å²) >= 11 is 12.2. The van der Waals surface area contributed by atoms with Crippen LogP contribution in [0.25, 0.3) is 0 Å². The Morgan fingerprint density at radius 1 is 1.00 bits per heavy atom. The highest BCUT2D eigenvalue weighted by atomic mass is 35.5. The lowest BCUT2D eigenvalue weighted by Crippen LogP contribution is -2.46. The lowest BCUT2D eigenvalue weighted by molar-refractivity contribution is -0.146. The van der Waals surface area contributed by atoms with Crippen LogP contribution in [0.4, 0.5) is 5.69 Å². The zero-order valence-electron chi connectivity index (χ0n) is 20.0. The number of carbonyl (C=O) groups is 3. The van der Waals surface area contributed by atoms with E-state index in [9.17, 15) is 14.4 Å². The Hall–Kier alpha value is -3.95. The fraction of sp³-hybridized carbons (Fsp3) is 0.192. The molecule has 2 amide bonds. The van der Waals surface area contributed by atoms with Crippen molar-refractivity contribution >= 4 is 52.4 Å². The predicted molar refractivity (Wildman–Crippen MR) is 141 cm³/mol. The molecule has 0 radical (unpaired) electrons. The van der Waals surface area contributed by atoms with Crippen molar-refractivity contribution in [1.29, 1.82) is 0 Å². The third-order valence-electron chi connectivity index (χ3n) is 5.07. The summed E-state index contributed by atoms with van der Waals surface area (Å²) in [5, 5.41) is 9.68. The fourth-order valence-corrected chi connectivity index (χ4v) is 3.93. The van der Waals surface area contributed by atoms with E-state index in [4.69, 9.17) is 32.8 Å². The molecule has 0 unspecified atom stereocenters. The normalized spacial score (nSPS) is 11.8. The highest BCUT2D eigenvalue weighted by Crippen LogP contribution is 2.25. The lowest BCUT2D eigenvalue weighted by Gasteiger charge is -2.18. The van der Waals surface area contributed by atoms with E-state index in [1.165, 1.54) is 19.5 Å². The van der Waals surface area contributed by atoms with Gasteiger partial charge in [-0.1, -0.05) is 46.6 Å². The van der Waals surface area contributed by atoms with Crippen molar-refractivity contribution in [2.75, 3.05) is 19.0 Å². The second kappa shape index (κ2) is 13.4. The van der Waals surface area contributed by atoms with E-state index in [1.807, 2.05) is 0 Å². The number of ether oxygens (including phenoxy) is 1. The van der Waals surface area contributed by atoms with Crippen molar-refractivity contribution in [3.8, 4) is 0 Å². The van der Waals surface area contributed by atoms with Crippen LogP contribution in [0.15, 0.2) is 72.1 Å². The van der Waals surface area contributed by atoms with Gasteiger partial charge in [-0.25, -0.2) is 4.79 Å². The first kappa shape index (κ1) is 27.6. The Bertz CT molecular complexity index is 1260. The zero-order valence-corrected chi connectivity index (χ0v) is 21.5. The average molecular weight is 543 g/mol. The highest BCUT2D eigenvalue weighted by molar-refractivity contribution is 6.45. The highest BCUT2D eigenvalue weighted by Gasteiger charge is 2.26. The molecule has 3 aromatic rings. The minimum Gasteiger partial charge on any atom is -0.464 e. The molecule has 1 heterocycles. The number of nitrogens with one attached hydrogen (secondary N) is 2. The van der Waals surface area contributed by atoms with Crippen LogP contribution in [-0.4, -0.2) is 48.2 Å². The molecule has 9 nitrogen and oxygen atoms in total. The van der Waals surface area contributed by atoms with Gasteiger partial charge in [0.25, 0.3) is 11.8 Å². The van der Waals surface area contributed by atoms with E-state index < -0.39 is 23.8 Å². The smallest absolute Gasteiger partial charge is 0.328 e. The summed E-state index contributed by atoms with van der Waals surface area (Å²) in [6.45, 7) is 1.82. The summed E-state index contributed by atoms with van der Waals surface area (Å²) in [4.78, 5) is 47.0. The van der Waals surface area contributed by atoms with Gasteiger partial charge in [0.2, 0.25) is 0 Å². The molecule has 0 saturated carbocycles. The monoisotopic (exact) mass is 542 g/mol. The van der Waals surface area contributed by atoms with Crippen molar-refractivity contribution in [1.82, 2.24) is 10.3 Å². The first-order valence-electron chi connectivity index (χ1n) is 11.2. The number of hydrogen-bond donors (Lipinski definition) is 2. The molecule has 0 saturated heterocycles. The molecule has 0 spiro atoms. The van der Waals surface area contributed by atoms with E-state index in [0.717, 1.165) is 0 Å². The predicted octanol–water partition coefficient (Wildman–Crippen LogP) is 4.28. The Morgan fingerprint density at radius 2 is 1.65 bits per heavy atom. The molecule has 3 rings (SSSR count). The van der Waals surface area contributed by atoms with Crippen molar-refractivity contribution in [3.05, 3.63) is 93.7 Å². The van der Waals surface area contributed by atoms with Crippen molar-refractivity contribution in [2.45, 2.75) is 19.4 Å². The molecule has 1 aromatic heterocycles. The standard InChI is InChI=1S/C26H24Cl2N4O5/c1-3-37-26(35)21(31-25(34)23(32-36-2)17-11-13-29-14-12-17)15-16-7-9-18(10-8-16)30-24(33)22-19(27)5-4-6-20(22)28/h4-14,21H,3,15H2,1-2H3,(H,30,33)(H,31,34)/t21-/m0/s1. The first-order valence-corrected chi connectivity index (χ1v) is 11.9. The van der Waals surface area contributed by atoms with Gasteiger partial charge < -0.3 is 20.2 Å². The van der Waals surface area contributed by atoms with Gasteiger partial charge in [-0.3, -0.25) is 14.6 Å². The van der Waals surface area contributed by atoms with Crippen LogP contribution in [-0.2, 0) is 25.6 Å². The fourth-order valence-electron chi connectivity index (χ4n) is 3.36. The number of halogens is 2. The molecule has 2 N–H and O–H groups in total. The molecular formula is C26H24Cl2N4O5. The number of carbonyl (C=O) groups excluding carboxylic acids is 3. The van der Waals surface area contributed by atoms with Crippen molar-refractivity contribution < 1.29 is 24.0 Å².